The number of hydrogen-bond donors (Lipinski definition) is 1. The van der Waals surface area contributed by atoms with E-state index in [1.54, 1.807) is 0 Å². The van der Waals surface area contributed by atoms with E-state index < -0.39 is 0 Å². The Morgan fingerprint density at radius 3 is 2.67 bits per heavy atom. The molecule has 0 fully saturated rings. The summed E-state index contributed by atoms with van der Waals surface area (Å²) in [5.74, 6) is 1.11. The lowest BCUT2D eigenvalue weighted by Gasteiger charge is -2.13. The Kier molecular flexibility index (Phi) is 3.65. The Hall–Kier alpha value is -2.29. The number of benzene rings is 2. The van der Waals surface area contributed by atoms with Gasteiger partial charge in [0.05, 0.1) is 16.7 Å². The van der Waals surface area contributed by atoms with Crippen LogP contribution in [0.15, 0.2) is 42.5 Å². The van der Waals surface area contributed by atoms with Crippen molar-refractivity contribution in [3.05, 3.63) is 53.9 Å². The normalized spacial score (nSPS) is 11.1. The monoisotopic (exact) mass is 279 g/mol. The van der Waals surface area contributed by atoms with E-state index >= 15 is 0 Å². The summed E-state index contributed by atoms with van der Waals surface area (Å²) in [4.78, 5) is 4.80. The van der Waals surface area contributed by atoms with Crippen molar-refractivity contribution in [3.63, 3.8) is 0 Å². The Morgan fingerprint density at radius 2 is 1.90 bits per heavy atom. The zero-order valence-electron chi connectivity index (χ0n) is 12.6. The molecule has 0 aliphatic carbocycles. The zero-order valence-corrected chi connectivity index (χ0v) is 12.6. The van der Waals surface area contributed by atoms with Crippen molar-refractivity contribution in [1.82, 2.24) is 9.55 Å². The number of para-hydroxylation sites is 1. The summed E-state index contributed by atoms with van der Waals surface area (Å²) in [7, 11) is 0. The molecule has 0 radical (unpaired) electrons. The molecule has 108 valence electrons. The quantitative estimate of drug-likeness (QED) is 0.730. The van der Waals surface area contributed by atoms with E-state index in [0.29, 0.717) is 0 Å². The highest BCUT2D eigenvalue weighted by molar-refractivity contribution is 5.81. The summed E-state index contributed by atoms with van der Waals surface area (Å²) < 4.78 is 2.29. The summed E-state index contributed by atoms with van der Waals surface area (Å²) in [6.45, 7) is 4.37. The van der Waals surface area contributed by atoms with Gasteiger partial charge in [0.2, 0.25) is 0 Å². The van der Waals surface area contributed by atoms with Gasteiger partial charge in [0, 0.05) is 12.1 Å². The molecule has 0 amide bonds. The topological polar surface area (TPSA) is 43.8 Å². The first-order chi connectivity index (χ1) is 10.2. The van der Waals surface area contributed by atoms with Crippen LogP contribution >= 0.6 is 0 Å². The van der Waals surface area contributed by atoms with Crippen LogP contribution in [0.1, 0.15) is 31.7 Å². The molecule has 3 heteroatoms. The largest absolute Gasteiger partial charge is 0.399 e. The van der Waals surface area contributed by atoms with E-state index in [4.69, 9.17) is 10.7 Å². The van der Waals surface area contributed by atoms with Gasteiger partial charge in [0.1, 0.15) is 5.82 Å². The molecule has 0 aliphatic rings. The van der Waals surface area contributed by atoms with Gasteiger partial charge in [-0.25, -0.2) is 4.98 Å². The van der Waals surface area contributed by atoms with Crippen LogP contribution in [0.3, 0.4) is 0 Å². The third-order valence-electron chi connectivity index (χ3n) is 3.84. The first-order valence-electron chi connectivity index (χ1n) is 7.59. The number of anilines is 1. The Balaban J connectivity index is 2.31. The van der Waals surface area contributed by atoms with Crippen molar-refractivity contribution in [3.8, 4) is 5.69 Å². The number of rotatable bonds is 4. The van der Waals surface area contributed by atoms with Crippen LogP contribution in [0.4, 0.5) is 5.69 Å². The summed E-state index contributed by atoms with van der Waals surface area (Å²) in [5, 5.41) is 0. The highest BCUT2D eigenvalue weighted by Crippen LogP contribution is 2.26. The minimum atomic E-state index is 0.763. The van der Waals surface area contributed by atoms with Crippen LogP contribution in [-0.4, -0.2) is 9.55 Å². The van der Waals surface area contributed by atoms with Crippen molar-refractivity contribution < 1.29 is 0 Å². The van der Waals surface area contributed by atoms with Crippen LogP contribution in [0.5, 0.6) is 0 Å². The van der Waals surface area contributed by atoms with E-state index in [-0.39, 0.29) is 0 Å². The van der Waals surface area contributed by atoms with Crippen LogP contribution < -0.4 is 5.73 Å². The van der Waals surface area contributed by atoms with Gasteiger partial charge < -0.3 is 5.73 Å². The van der Waals surface area contributed by atoms with Crippen LogP contribution in [-0.2, 0) is 12.8 Å². The third-order valence-corrected chi connectivity index (χ3v) is 3.84. The Morgan fingerprint density at radius 1 is 1.10 bits per heavy atom. The highest BCUT2D eigenvalue weighted by atomic mass is 15.1. The SMILES string of the molecule is CCCc1nc2cc(N)ccc2n1-c1ccccc1CC. The molecule has 3 nitrogen and oxygen atoms in total. The molecule has 2 aromatic carbocycles. The number of hydrogen-bond acceptors (Lipinski definition) is 2. The number of aryl methyl sites for hydroxylation is 2. The molecular formula is C18H21N3. The number of nitrogens with two attached hydrogens (primary N) is 1. The minimum absolute atomic E-state index is 0.763. The Bertz CT molecular complexity index is 771. The molecule has 0 saturated carbocycles. The van der Waals surface area contributed by atoms with Crippen LogP contribution in [0.25, 0.3) is 16.7 Å². The molecule has 0 aliphatic heterocycles. The predicted molar refractivity (Wildman–Crippen MR) is 88.9 cm³/mol. The maximum Gasteiger partial charge on any atom is 0.114 e. The lowest BCUT2D eigenvalue weighted by atomic mass is 10.1. The smallest absolute Gasteiger partial charge is 0.114 e. The van der Waals surface area contributed by atoms with Gasteiger partial charge in [-0.05, 0) is 42.7 Å². The van der Waals surface area contributed by atoms with Crippen molar-refractivity contribution in [2.45, 2.75) is 33.1 Å². The molecule has 0 saturated heterocycles. The lowest BCUT2D eigenvalue weighted by Crippen LogP contribution is -2.04. The predicted octanol–water partition coefficient (Wildman–Crippen LogP) is 4.12. The molecule has 1 heterocycles. The number of nitrogens with zero attached hydrogens (tertiary/aromatic N) is 2. The van der Waals surface area contributed by atoms with Gasteiger partial charge in [0.25, 0.3) is 0 Å². The summed E-state index contributed by atoms with van der Waals surface area (Å²) in [6.07, 6.45) is 3.05. The molecule has 3 rings (SSSR count). The molecule has 2 N–H and O–H groups in total. The van der Waals surface area contributed by atoms with Crippen molar-refractivity contribution in [2.75, 3.05) is 5.73 Å². The number of aromatic nitrogens is 2. The third kappa shape index (κ3) is 2.40. The van der Waals surface area contributed by atoms with Crippen LogP contribution in [0, 0.1) is 0 Å². The van der Waals surface area contributed by atoms with Gasteiger partial charge in [0.15, 0.2) is 0 Å². The molecule has 1 aromatic heterocycles. The summed E-state index contributed by atoms with van der Waals surface area (Å²) in [5.41, 5.74) is 11.3. The van der Waals surface area contributed by atoms with Gasteiger partial charge in [-0.2, -0.15) is 0 Å². The second-order valence-corrected chi connectivity index (χ2v) is 5.34. The molecule has 3 aromatic rings. The molecular weight excluding hydrogens is 258 g/mol. The standard InChI is InChI=1S/C18H21N3/c1-3-7-18-20-15-12-14(19)10-11-17(15)21(18)16-9-6-5-8-13(16)4-2/h5-6,8-12H,3-4,7,19H2,1-2H3. The lowest BCUT2D eigenvalue weighted by molar-refractivity contribution is 0.814. The second kappa shape index (κ2) is 5.60. The van der Waals surface area contributed by atoms with Gasteiger partial charge in [-0.15, -0.1) is 0 Å². The van der Waals surface area contributed by atoms with Gasteiger partial charge in [-0.1, -0.05) is 32.0 Å². The maximum absolute atomic E-state index is 5.90. The van der Waals surface area contributed by atoms with E-state index in [1.807, 2.05) is 12.1 Å². The maximum atomic E-state index is 5.90. The van der Waals surface area contributed by atoms with E-state index in [0.717, 1.165) is 41.8 Å². The fourth-order valence-electron chi connectivity index (χ4n) is 2.84. The average molecular weight is 279 g/mol. The first-order valence-corrected chi connectivity index (χ1v) is 7.59. The number of fused-ring (bicyclic) bond motifs is 1. The molecule has 0 atom stereocenters. The second-order valence-electron chi connectivity index (χ2n) is 5.34. The van der Waals surface area contributed by atoms with Crippen molar-refractivity contribution in [1.29, 1.82) is 0 Å². The highest BCUT2D eigenvalue weighted by Gasteiger charge is 2.13. The summed E-state index contributed by atoms with van der Waals surface area (Å²) in [6, 6.07) is 14.5. The molecule has 0 unspecified atom stereocenters. The molecule has 21 heavy (non-hydrogen) atoms. The summed E-state index contributed by atoms with van der Waals surface area (Å²) >= 11 is 0. The number of nitrogen functional groups attached to an aromatic ring is 1. The van der Waals surface area contributed by atoms with Crippen molar-refractivity contribution >= 4 is 16.7 Å². The van der Waals surface area contributed by atoms with Gasteiger partial charge in [-0.3, -0.25) is 4.57 Å². The minimum Gasteiger partial charge on any atom is -0.399 e. The molecule has 0 spiro atoms. The van der Waals surface area contributed by atoms with E-state index in [1.165, 1.54) is 11.3 Å². The number of imidazole rings is 1. The Labute approximate surface area is 125 Å². The average Bonchev–Trinajstić information content (AvgIpc) is 2.84. The molecule has 0 bridgehead atoms. The van der Waals surface area contributed by atoms with Gasteiger partial charge >= 0.3 is 0 Å². The van der Waals surface area contributed by atoms with E-state index in [9.17, 15) is 0 Å². The fraction of sp³-hybridized carbons (Fsp3) is 0.278. The zero-order chi connectivity index (χ0) is 14.8. The first kappa shape index (κ1) is 13.7. The van der Waals surface area contributed by atoms with Crippen LogP contribution in [0.2, 0.25) is 0 Å². The fourth-order valence-corrected chi connectivity index (χ4v) is 2.84. The van der Waals surface area contributed by atoms with Crippen molar-refractivity contribution in [2.24, 2.45) is 0 Å². The van der Waals surface area contributed by atoms with E-state index in [2.05, 4.69) is 48.7 Å².